The molecule has 0 saturated carbocycles. The Morgan fingerprint density at radius 1 is 0.769 bits per heavy atom. The van der Waals surface area contributed by atoms with Crippen molar-refractivity contribution in [3.05, 3.63) is 138 Å². The molecule has 0 unspecified atom stereocenters. The highest BCUT2D eigenvalue weighted by Gasteiger charge is 2.55. The average molecular weight is 535 g/mol. The minimum absolute atomic E-state index is 0.0167. The number of carbonyl (C=O) groups excluding carboxylic acids is 2. The third-order valence-corrected chi connectivity index (χ3v) is 9.12. The van der Waals surface area contributed by atoms with Crippen molar-refractivity contribution in [2.75, 3.05) is 4.90 Å². The van der Waals surface area contributed by atoms with Gasteiger partial charge in [-0.3, -0.25) is 9.59 Å². The fourth-order valence-electron chi connectivity index (χ4n) is 5.46. The van der Waals surface area contributed by atoms with Crippen LogP contribution in [0, 0.1) is 6.92 Å². The van der Waals surface area contributed by atoms with E-state index in [4.69, 9.17) is 0 Å². The Morgan fingerprint density at radius 3 is 2.08 bits per heavy atom. The highest BCUT2D eigenvalue weighted by molar-refractivity contribution is 7.90. The minimum Gasteiger partial charge on any atom is -0.307 e. The molecule has 0 aromatic heterocycles. The standard InChI is InChI=1S/C32H26N2O4S/c1-23-16-18-26(19-17-23)39(37,38)34-29(25-12-6-3-7-13-25)20-32(21-30(34)35)27-14-8-9-15-28(27)33(31(32)36)22-24-10-4-2-5-11-24/h2-20H,21-22H2,1H3/t32-/m0/s1. The number of hydrogen-bond donors (Lipinski definition) is 0. The Hall–Kier alpha value is -4.49. The summed E-state index contributed by atoms with van der Waals surface area (Å²) in [6, 6.07) is 32.4. The van der Waals surface area contributed by atoms with Crippen LogP contribution in [0.2, 0.25) is 0 Å². The quantitative estimate of drug-likeness (QED) is 0.342. The number of para-hydroxylation sites is 1. The number of rotatable bonds is 5. The maximum atomic E-state index is 14.3. The molecule has 1 spiro atoms. The highest BCUT2D eigenvalue weighted by Crippen LogP contribution is 2.50. The first-order valence-corrected chi connectivity index (χ1v) is 14.1. The summed E-state index contributed by atoms with van der Waals surface area (Å²) >= 11 is 0. The number of hydrogen-bond acceptors (Lipinski definition) is 4. The summed E-state index contributed by atoms with van der Waals surface area (Å²) in [6.07, 6.45) is 1.39. The molecule has 2 aliphatic rings. The lowest BCUT2D eigenvalue weighted by Crippen LogP contribution is -2.48. The normalized spacial score (nSPS) is 18.8. The number of sulfonamides is 1. The maximum absolute atomic E-state index is 14.3. The fraction of sp³-hybridized carbons (Fsp3) is 0.125. The number of aryl methyl sites for hydroxylation is 1. The van der Waals surface area contributed by atoms with Gasteiger partial charge in [0, 0.05) is 5.69 Å². The second kappa shape index (κ2) is 9.36. The second-order valence-corrected chi connectivity index (χ2v) is 11.7. The van der Waals surface area contributed by atoms with Crippen molar-refractivity contribution >= 4 is 33.2 Å². The van der Waals surface area contributed by atoms with E-state index in [0.29, 0.717) is 17.7 Å². The van der Waals surface area contributed by atoms with Gasteiger partial charge in [0.1, 0.15) is 5.41 Å². The van der Waals surface area contributed by atoms with Crippen LogP contribution in [-0.2, 0) is 31.6 Å². The molecule has 0 bridgehead atoms. The van der Waals surface area contributed by atoms with Gasteiger partial charge in [-0.2, -0.15) is 0 Å². The number of amides is 2. The monoisotopic (exact) mass is 534 g/mol. The SMILES string of the molecule is Cc1ccc(S(=O)(=O)N2C(=O)C[C@]3(C=C2c2ccccc2)C(=O)N(Cc2ccccc2)c2ccccc23)cc1. The molecular weight excluding hydrogens is 508 g/mol. The first kappa shape index (κ1) is 24.8. The van der Waals surface area contributed by atoms with E-state index in [1.165, 1.54) is 12.1 Å². The summed E-state index contributed by atoms with van der Waals surface area (Å²) in [4.78, 5) is 30.0. The van der Waals surface area contributed by atoms with E-state index in [-0.39, 0.29) is 22.9 Å². The largest absolute Gasteiger partial charge is 0.307 e. The van der Waals surface area contributed by atoms with Crippen molar-refractivity contribution in [3.63, 3.8) is 0 Å². The average Bonchev–Trinajstić information content (AvgIpc) is 3.16. The molecule has 6 rings (SSSR count). The van der Waals surface area contributed by atoms with Crippen molar-refractivity contribution in [1.82, 2.24) is 4.31 Å². The van der Waals surface area contributed by atoms with Gasteiger partial charge in [0.2, 0.25) is 11.8 Å². The molecule has 2 amide bonds. The molecule has 0 fully saturated rings. The van der Waals surface area contributed by atoms with Crippen LogP contribution in [0.25, 0.3) is 5.70 Å². The summed E-state index contributed by atoms with van der Waals surface area (Å²) in [7, 11) is -4.24. The first-order chi connectivity index (χ1) is 18.8. The summed E-state index contributed by atoms with van der Waals surface area (Å²) in [5.74, 6) is -0.900. The molecule has 4 aromatic rings. The van der Waals surface area contributed by atoms with Crippen molar-refractivity contribution in [3.8, 4) is 0 Å². The highest BCUT2D eigenvalue weighted by atomic mass is 32.2. The van der Waals surface area contributed by atoms with Crippen LogP contribution < -0.4 is 4.90 Å². The molecule has 0 saturated heterocycles. The number of fused-ring (bicyclic) bond motifs is 2. The molecule has 7 heteroatoms. The summed E-state index contributed by atoms with van der Waals surface area (Å²) < 4.78 is 28.7. The van der Waals surface area contributed by atoms with Crippen LogP contribution >= 0.6 is 0 Å². The minimum atomic E-state index is -4.24. The zero-order valence-corrected chi connectivity index (χ0v) is 22.1. The van der Waals surface area contributed by atoms with Crippen LogP contribution in [0.3, 0.4) is 0 Å². The van der Waals surface area contributed by atoms with E-state index in [0.717, 1.165) is 21.1 Å². The van der Waals surface area contributed by atoms with Crippen LogP contribution in [0.4, 0.5) is 5.69 Å². The topological polar surface area (TPSA) is 74.8 Å². The molecule has 0 aliphatic carbocycles. The van der Waals surface area contributed by atoms with Gasteiger partial charge in [-0.25, -0.2) is 12.7 Å². The third kappa shape index (κ3) is 4.06. The Bertz CT molecular complexity index is 1720. The summed E-state index contributed by atoms with van der Waals surface area (Å²) in [5.41, 5.74) is 2.66. The molecular formula is C32H26N2O4S. The van der Waals surface area contributed by atoms with E-state index in [2.05, 4.69) is 0 Å². The second-order valence-electron chi connectivity index (χ2n) is 9.91. The lowest BCUT2D eigenvalue weighted by molar-refractivity contribution is -0.131. The fourth-order valence-corrected chi connectivity index (χ4v) is 6.90. The predicted octanol–water partition coefficient (Wildman–Crippen LogP) is 5.44. The zero-order chi connectivity index (χ0) is 27.2. The lowest BCUT2D eigenvalue weighted by Gasteiger charge is -2.36. The molecule has 194 valence electrons. The van der Waals surface area contributed by atoms with Gasteiger partial charge < -0.3 is 4.90 Å². The van der Waals surface area contributed by atoms with Gasteiger partial charge in [0.25, 0.3) is 10.0 Å². The van der Waals surface area contributed by atoms with Gasteiger partial charge in [-0.05, 0) is 47.9 Å². The molecule has 2 aliphatic heterocycles. The Labute approximate surface area is 227 Å². The predicted molar refractivity (Wildman–Crippen MR) is 150 cm³/mol. The van der Waals surface area contributed by atoms with Crippen LogP contribution in [0.15, 0.2) is 120 Å². The number of nitrogens with zero attached hydrogens (tertiary/aromatic N) is 2. The maximum Gasteiger partial charge on any atom is 0.270 e. The molecule has 39 heavy (non-hydrogen) atoms. The third-order valence-electron chi connectivity index (χ3n) is 7.37. The number of benzene rings is 4. The van der Waals surface area contributed by atoms with Crippen molar-refractivity contribution in [1.29, 1.82) is 0 Å². The van der Waals surface area contributed by atoms with E-state index in [9.17, 15) is 18.0 Å². The molecule has 2 heterocycles. The smallest absolute Gasteiger partial charge is 0.270 e. The van der Waals surface area contributed by atoms with Gasteiger partial charge in [0.05, 0.1) is 23.6 Å². The van der Waals surface area contributed by atoms with Crippen molar-refractivity contribution < 1.29 is 18.0 Å². The van der Waals surface area contributed by atoms with Crippen molar-refractivity contribution in [2.24, 2.45) is 0 Å². The summed E-state index contributed by atoms with van der Waals surface area (Å²) in [5, 5.41) is 0. The van der Waals surface area contributed by atoms with Crippen molar-refractivity contribution in [2.45, 2.75) is 30.2 Å². The molecule has 4 aromatic carbocycles. The van der Waals surface area contributed by atoms with Crippen LogP contribution in [-0.4, -0.2) is 24.5 Å². The Kier molecular flexibility index (Phi) is 5.96. The van der Waals surface area contributed by atoms with Gasteiger partial charge in [0.15, 0.2) is 0 Å². The Morgan fingerprint density at radius 2 is 1.38 bits per heavy atom. The van der Waals surface area contributed by atoms with E-state index >= 15 is 0 Å². The Balaban J connectivity index is 1.54. The van der Waals surface area contributed by atoms with Gasteiger partial charge >= 0.3 is 0 Å². The first-order valence-electron chi connectivity index (χ1n) is 12.7. The lowest BCUT2D eigenvalue weighted by atomic mass is 9.75. The zero-order valence-electron chi connectivity index (χ0n) is 21.3. The number of carbonyl (C=O) groups is 2. The molecule has 1 atom stereocenters. The number of anilines is 1. The van der Waals surface area contributed by atoms with E-state index < -0.39 is 21.3 Å². The van der Waals surface area contributed by atoms with Crippen LogP contribution in [0.5, 0.6) is 0 Å². The van der Waals surface area contributed by atoms with Crippen LogP contribution in [0.1, 0.15) is 28.7 Å². The molecule has 6 nitrogen and oxygen atoms in total. The summed E-state index contributed by atoms with van der Waals surface area (Å²) in [6.45, 7) is 2.21. The van der Waals surface area contributed by atoms with Gasteiger partial charge in [-0.15, -0.1) is 0 Å². The molecule has 0 N–H and O–H groups in total. The van der Waals surface area contributed by atoms with Gasteiger partial charge in [-0.1, -0.05) is 96.6 Å². The van der Waals surface area contributed by atoms with E-state index in [1.54, 1.807) is 47.4 Å². The van der Waals surface area contributed by atoms with E-state index in [1.807, 2.05) is 67.6 Å². The molecule has 0 radical (unpaired) electrons.